The molecule has 2 atom stereocenters. The zero-order chi connectivity index (χ0) is 11.0. The van der Waals surface area contributed by atoms with E-state index in [1.54, 1.807) is 4.88 Å². The van der Waals surface area contributed by atoms with Crippen LogP contribution in [0.15, 0.2) is 12.1 Å². The summed E-state index contributed by atoms with van der Waals surface area (Å²) in [6, 6.07) is 4.61. The van der Waals surface area contributed by atoms with Crippen molar-refractivity contribution in [2.45, 2.75) is 19.9 Å². The number of hydrogen-bond donors (Lipinski definition) is 1. The lowest BCUT2D eigenvalue weighted by Gasteiger charge is -2.15. The number of thiophene rings is 1. The Labute approximate surface area is 102 Å². The van der Waals surface area contributed by atoms with E-state index in [0.29, 0.717) is 0 Å². The summed E-state index contributed by atoms with van der Waals surface area (Å²) in [4.78, 5) is 5.71. The first kappa shape index (κ1) is 10.8. The van der Waals surface area contributed by atoms with Crippen molar-refractivity contribution in [2.75, 3.05) is 26.2 Å². The molecule has 0 unspecified atom stereocenters. The number of nitrogens with zero attached hydrogens (tertiary/aromatic N) is 1. The van der Waals surface area contributed by atoms with E-state index in [4.69, 9.17) is 0 Å². The van der Waals surface area contributed by atoms with Crippen molar-refractivity contribution in [2.24, 2.45) is 11.8 Å². The second-order valence-corrected chi connectivity index (χ2v) is 6.35. The summed E-state index contributed by atoms with van der Waals surface area (Å²) in [6.45, 7) is 8.50. The Kier molecular flexibility index (Phi) is 3.01. The lowest BCUT2D eigenvalue weighted by atomic mass is 10.0. The highest BCUT2D eigenvalue weighted by molar-refractivity contribution is 7.11. The van der Waals surface area contributed by atoms with Crippen LogP contribution in [-0.4, -0.2) is 31.1 Å². The third-order valence-electron chi connectivity index (χ3n) is 3.91. The largest absolute Gasteiger partial charge is 0.316 e. The predicted octanol–water partition coefficient (Wildman–Crippen LogP) is 1.96. The number of rotatable bonds is 3. The summed E-state index contributed by atoms with van der Waals surface area (Å²) < 4.78 is 0. The standard InChI is InChI=1S/C13H20N2S/c1-2-12-3-4-13(16-12)9-15-7-10-5-14-6-11(10)8-15/h3-4,10-11,14H,2,5-9H2,1H3/t10-,11+. The van der Waals surface area contributed by atoms with Crippen LogP contribution in [0.2, 0.25) is 0 Å². The van der Waals surface area contributed by atoms with Crippen molar-refractivity contribution in [3.63, 3.8) is 0 Å². The number of aryl methyl sites for hydroxylation is 1. The van der Waals surface area contributed by atoms with Gasteiger partial charge in [0.1, 0.15) is 0 Å². The Balaban J connectivity index is 1.59. The molecule has 0 saturated carbocycles. The number of fused-ring (bicyclic) bond motifs is 1. The average molecular weight is 236 g/mol. The number of likely N-dealkylation sites (tertiary alicyclic amines) is 1. The summed E-state index contributed by atoms with van der Waals surface area (Å²) in [5.41, 5.74) is 0. The highest BCUT2D eigenvalue weighted by Crippen LogP contribution is 2.28. The quantitative estimate of drug-likeness (QED) is 0.863. The van der Waals surface area contributed by atoms with Gasteiger partial charge >= 0.3 is 0 Å². The molecule has 1 N–H and O–H groups in total. The molecular formula is C13H20N2S. The summed E-state index contributed by atoms with van der Waals surface area (Å²) in [5, 5.41) is 3.50. The molecular weight excluding hydrogens is 216 g/mol. The first-order valence-electron chi connectivity index (χ1n) is 6.36. The molecule has 1 aromatic rings. The molecule has 1 aromatic heterocycles. The van der Waals surface area contributed by atoms with E-state index in [0.717, 1.165) is 11.8 Å². The second-order valence-electron chi connectivity index (χ2n) is 5.09. The van der Waals surface area contributed by atoms with Gasteiger partial charge in [-0.2, -0.15) is 0 Å². The Morgan fingerprint density at radius 2 is 1.94 bits per heavy atom. The predicted molar refractivity (Wildman–Crippen MR) is 68.8 cm³/mol. The number of hydrogen-bond acceptors (Lipinski definition) is 3. The van der Waals surface area contributed by atoms with E-state index in [-0.39, 0.29) is 0 Å². The van der Waals surface area contributed by atoms with Crippen LogP contribution in [0.25, 0.3) is 0 Å². The van der Waals surface area contributed by atoms with Crippen LogP contribution in [0.3, 0.4) is 0 Å². The minimum atomic E-state index is 0.922. The van der Waals surface area contributed by atoms with Crippen molar-refractivity contribution in [3.05, 3.63) is 21.9 Å². The van der Waals surface area contributed by atoms with E-state index >= 15 is 0 Å². The third-order valence-corrected chi connectivity index (χ3v) is 5.12. The Morgan fingerprint density at radius 1 is 1.25 bits per heavy atom. The van der Waals surface area contributed by atoms with Crippen LogP contribution in [0.1, 0.15) is 16.7 Å². The highest BCUT2D eigenvalue weighted by Gasteiger charge is 2.35. The van der Waals surface area contributed by atoms with Gasteiger partial charge in [0.25, 0.3) is 0 Å². The van der Waals surface area contributed by atoms with Gasteiger partial charge in [0.15, 0.2) is 0 Å². The van der Waals surface area contributed by atoms with Crippen LogP contribution in [0.4, 0.5) is 0 Å². The molecule has 88 valence electrons. The van der Waals surface area contributed by atoms with Crippen LogP contribution in [0, 0.1) is 11.8 Å². The van der Waals surface area contributed by atoms with Crippen LogP contribution < -0.4 is 5.32 Å². The second kappa shape index (κ2) is 4.47. The normalized spacial score (nSPS) is 29.8. The molecule has 0 amide bonds. The summed E-state index contributed by atoms with van der Waals surface area (Å²) in [6.07, 6.45) is 1.18. The smallest absolute Gasteiger partial charge is 0.0328 e. The highest BCUT2D eigenvalue weighted by atomic mass is 32.1. The number of nitrogens with one attached hydrogen (secondary N) is 1. The molecule has 0 radical (unpaired) electrons. The summed E-state index contributed by atoms with van der Waals surface area (Å²) in [5.74, 6) is 1.84. The lowest BCUT2D eigenvalue weighted by molar-refractivity contribution is 0.308. The fourth-order valence-electron chi connectivity index (χ4n) is 3.00. The molecule has 0 bridgehead atoms. The molecule has 2 aliphatic rings. The molecule has 2 nitrogen and oxygen atoms in total. The maximum Gasteiger partial charge on any atom is 0.0328 e. The van der Waals surface area contributed by atoms with Gasteiger partial charge in [-0.3, -0.25) is 4.90 Å². The molecule has 2 aliphatic heterocycles. The van der Waals surface area contributed by atoms with E-state index < -0.39 is 0 Å². The van der Waals surface area contributed by atoms with E-state index in [2.05, 4.69) is 29.3 Å². The molecule has 2 saturated heterocycles. The van der Waals surface area contributed by atoms with Crippen molar-refractivity contribution in [3.8, 4) is 0 Å². The molecule has 16 heavy (non-hydrogen) atoms. The zero-order valence-corrected chi connectivity index (χ0v) is 10.7. The average Bonchev–Trinajstić information content (AvgIpc) is 2.92. The van der Waals surface area contributed by atoms with Gasteiger partial charge in [0.2, 0.25) is 0 Å². The van der Waals surface area contributed by atoms with E-state index in [1.165, 1.54) is 44.0 Å². The fraction of sp³-hybridized carbons (Fsp3) is 0.692. The van der Waals surface area contributed by atoms with Gasteiger partial charge in [-0.1, -0.05) is 6.92 Å². The van der Waals surface area contributed by atoms with Crippen molar-refractivity contribution in [1.82, 2.24) is 10.2 Å². The van der Waals surface area contributed by atoms with Crippen molar-refractivity contribution < 1.29 is 0 Å². The Hall–Kier alpha value is -0.380. The molecule has 3 heterocycles. The molecule has 0 aliphatic carbocycles. The third kappa shape index (κ3) is 2.04. The van der Waals surface area contributed by atoms with Gasteiger partial charge < -0.3 is 5.32 Å². The van der Waals surface area contributed by atoms with Crippen LogP contribution in [-0.2, 0) is 13.0 Å². The fourth-order valence-corrected chi connectivity index (χ4v) is 4.00. The minimum Gasteiger partial charge on any atom is -0.316 e. The van der Waals surface area contributed by atoms with E-state index in [1.807, 2.05) is 11.3 Å². The molecule has 0 aromatic carbocycles. The molecule has 0 spiro atoms. The first-order valence-corrected chi connectivity index (χ1v) is 7.17. The SMILES string of the molecule is CCc1ccc(CN2C[C@H]3CNC[C@H]3C2)s1. The van der Waals surface area contributed by atoms with Gasteiger partial charge in [-0.15, -0.1) is 11.3 Å². The van der Waals surface area contributed by atoms with Crippen LogP contribution >= 0.6 is 11.3 Å². The van der Waals surface area contributed by atoms with E-state index in [9.17, 15) is 0 Å². The van der Waals surface area contributed by atoms with Gasteiger partial charge in [0.05, 0.1) is 0 Å². The van der Waals surface area contributed by atoms with Gasteiger partial charge in [-0.25, -0.2) is 0 Å². The summed E-state index contributed by atoms with van der Waals surface area (Å²) in [7, 11) is 0. The maximum atomic E-state index is 3.50. The Morgan fingerprint density at radius 3 is 2.56 bits per heavy atom. The lowest BCUT2D eigenvalue weighted by Crippen LogP contribution is -2.25. The minimum absolute atomic E-state index is 0.922. The summed E-state index contributed by atoms with van der Waals surface area (Å²) >= 11 is 1.99. The Bertz CT molecular complexity index is 349. The zero-order valence-electron chi connectivity index (χ0n) is 9.91. The molecule has 3 rings (SSSR count). The maximum absolute atomic E-state index is 3.50. The first-order chi connectivity index (χ1) is 7.85. The van der Waals surface area contributed by atoms with Crippen molar-refractivity contribution in [1.29, 1.82) is 0 Å². The molecule has 3 heteroatoms. The van der Waals surface area contributed by atoms with Crippen molar-refractivity contribution >= 4 is 11.3 Å². The van der Waals surface area contributed by atoms with Crippen LogP contribution in [0.5, 0.6) is 0 Å². The van der Waals surface area contributed by atoms with Gasteiger partial charge in [-0.05, 0) is 43.5 Å². The monoisotopic (exact) mass is 236 g/mol. The molecule has 2 fully saturated rings. The van der Waals surface area contributed by atoms with Gasteiger partial charge in [0, 0.05) is 29.4 Å². The topological polar surface area (TPSA) is 15.3 Å².